The maximum atomic E-state index is 11.3. The van der Waals surface area contributed by atoms with Gasteiger partial charge < -0.3 is 10.4 Å². The molecule has 0 radical (unpaired) electrons. The Hall–Kier alpha value is -1.50. The third-order valence-corrected chi connectivity index (χ3v) is 2.24. The van der Waals surface area contributed by atoms with Crippen LogP contribution in [0.4, 0.5) is 0 Å². The summed E-state index contributed by atoms with van der Waals surface area (Å²) < 4.78 is 0. The van der Waals surface area contributed by atoms with E-state index in [1.54, 1.807) is 0 Å². The molecule has 0 spiro atoms. The molecule has 1 aliphatic carbocycles. The molecule has 1 aliphatic rings. The Morgan fingerprint density at radius 3 is 2.71 bits per heavy atom. The number of rotatable bonds is 5. The van der Waals surface area contributed by atoms with Crippen LogP contribution in [0.3, 0.4) is 0 Å². The lowest BCUT2D eigenvalue weighted by Gasteiger charge is -2.01. The second-order valence-electron chi connectivity index (χ2n) is 3.39. The highest BCUT2D eigenvalue weighted by Gasteiger charge is 2.48. The van der Waals surface area contributed by atoms with Gasteiger partial charge in [0, 0.05) is 13.0 Å². The van der Waals surface area contributed by atoms with E-state index in [2.05, 4.69) is 11.2 Å². The quantitative estimate of drug-likeness (QED) is 0.487. The summed E-state index contributed by atoms with van der Waals surface area (Å²) in [6.07, 6.45) is 6.88. The first-order valence-electron chi connectivity index (χ1n) is 4.60. The molecule has 0 aromatic rings. The summed E-state index contributed by atoms with van der Waals surface area (Å²) in [5, 5.41) is 11.2. The average Bonchev–Trinajstić information content (AvgIpc) is 2.91. The van der Waals surface area contributed by atoms with Crippen LogP contribution in [0, 0.1) is 24.2 Å². The first-order valence-corrected chi connectivity index (χ1v) is 4.60. The number of carbonyl (C=O) groups is 2. The molecule has 0 saturated heterocycles. The Morgan fingerprint density at radius 1 is 1.50 bits per heavy atom. The van der Waals surface area contributed by atoms with Gasteiger partial charge in [0.05, 0.1) is 11.8 Å². The second kappa shape index (κ2) is 4.66. The van der Waals surface area contributed by atoms with Crippen LogP contribution < -0.4 is 5.32 Å². The number of terminal acetylenes is 1. The standard InChI is InChI=1S/C10H13NO3/c1-2-3-4-5-11-9(12)7-6-8(7)10(13)14/h1,7-8H,3-6H2,(H,11,12)(H,13,14). The zero-order valence-electron chi connectivity index (χ0n) is 7.82. The van der Waals surface area contributed by atoms with Crippen molar-refractivity contribution < 1.29 is 14.7 Å². The fourth-order valence-electron chi connectivity index (χ4n) is 1.29. The molecule has 1 rings (SSSR count). The summed E-state index contributed by atoms with van der Waals surface area (Å²) in [7, 11) is 0. The molecular formula is C10H13NO3. The summed E-state index contributed by atoms with van der Waals surface area (Å²) in [5.74, 6) is 0.638. The fraction of sp³-hybridized carbons (Fsp3) is 0.600. The van der Waals surface area contributed by atoms with E-state index in [1.165, 1.54) is 0 Å². The van der Waals surface area contributed by atoms with Gasteiger partial charge in [0.2, 0.25) is 5.91 Å². The van der Waals surface area contributed by atoms with Gasteiger partial charge in [-0.3, -0.25) is 9.59 Å². The smallest absolute Gasteiger partial charge is 0.307 e. The van der Waals surface area contributed by atoms with Gasteiger partial charge in [0.15, 0.2) is 0 Å². The van der Waals surface area contributed by atoms with Gasteiger partial charge in [-0.1, -0.05) is 0 Å². The lowest BCUT2D eigenvalue weighted by atomic mass is 10.3. The number of nitrogens with one attached hydrogen (secondary N) is 1. The van der Waals surface area contributed by atoms with Crippen molar-refractivity contribution in [1.29, 1.82) is 0 Å². The van der Waals surface area contributed by atoms with Gasteiger partial charge in [-0.25, -0.2) is 0 Å². The molecular weight excluding hydrogens is 182 g/mol. The Balaban J connectivity index is 2.13. The van der Waals surface area contributed by atoms with E-state index < -0.39 is 11.9 Å². The number of carbonyl (C=O) groups excluding carboxylic acids is 1. The van der Waals surface area contributed by atoms with Crippen LogP contribution >= 0.6 is 0 Å². The molecule has 0 aromatic heterocycles. The van der Waals surface area contributed by atoms with Crippen molar-refractivity contribution in [2.75, 3.05) is 6.54 Å². The Morgan fingerprint density at radius 2 is 2.21 bits per heavy atom. The van der Waals surface area contributed by atoms with Crippen molar-refractivity contribution >= 4 is 11.9 Å². The number of unbranched alkanes of at least 4 members (excludes halogenated alkanes) is 1. The lowest BCUT2D eigenvalue weighted by Crippen LogP contribution is -2.27. The minimum Gasteiger partial charge on any atom is -0.481 e. The van der Waals surface area contributed by atoms with E-state index in [-0.39, 0.29) is 11.8 Å². The summed E-state index contributed by atoms with van der Waals surface area (Å²) in [6.45, 7) is 0.534. The molecule has 2 N–H and O–H groups in total. The summed E-state index contributed by atoms with van der Waals surface area (Å²) in [6, 6.07) is 0. The molecule has 4 heteroatoms. The van der Waals surface area contributed by atoms with Gasteiger partial charge in [-0.2, -0.15) is 0 Å². The maximum absolute atomic E-state index is 11.3. The molecule has 2 atom stereocenters. The number of carboxylic acids is 1. The first-order chi connectivity index (χ1) is 6.66. The van der Waals surface area contributed by atoms with Crippen molar-refractivity contribution in [1.82, 2.24) is 5.32 Å². The molecule has 2 unspecified atom stereocenters. The highest BCUT2D eigenvalue weighted by atomic mass is 16.4. The number of hydrogen-bond acceptors (Lipinski definition) is 2. The zero-order valence-corrected chi connectivity index (χ0v) is 7.82. The van der Waals surface area contributed by atoms with Crippen LogP contribution in [0.25, 0.3) is 0 Å². The van der Waals surface area contributed by atoms with Crippen molar-refractivity contribution in [3.8, 4) is 12.3 Å². The maximum Gasteiger partial charge on any atom is 0.307 e. The minimum atomic E-state index is -0.881. The second-order valence-corrected chi connectivity index (χ2v) is 3.39. The van der Waals surface area contributed by atoms with Crippen LogP contribution in [0.2, 0.25) is 0 Å². The van der Waals surface area contributed by atoms with Gasteiger partial charge >= 0.3 is 5.97 Å². The zero-order chi connectivity index (χ0) is 10.6. The third kappa shape index (κ3) is 2.77. The van der Waals surface area contributed by atoms with E-state index in [0.717, 1.165) is 6.42 Å². The van der Waals surface area contributed by atoms with Crippen LogP contribution in [0.5, 0.6) is 0 Å². The number of hydrogen-bond donors (Lipinski definition) is 2. The van der Waals surface area contributed by atoms with Gasteiger partial charge in [-0.05, 0) is 12.8 Å². The average molecular weight is 195 g/mol. The van der Waals surface area contributed by atoms with E-state index in [9.17, 15) is 9.59 Å². The SMILES string of the molecule is C#CCCCNC(=O)C1CC1C(=O)O. The van der Waals surface area contributed by atoms with Gasteiger partial charge in [0.25, 0.3) is 0 Å². The molecule has 1 amide bonds. The van der Waals surface area contributed by atoms with Crippen LogP contribution in [-0.2, 0) is 9.59 Å². The van der Waals surface area contributed by atoms with E-state index in [4.69, 9.17) is 11.5 Å². The molecule has 0 aromatic carbocycles. The monoisotopic (exact) mass is 195 g/mol. The molecule has 76 valence electrons. The van der Waals surface area contributed by atoms with E-state index in [0.29, 0.717) is 19.4 Å². The minimum absolute atomic E-state index is 0.158. The summed E-state index contributed by atoms with van der Waals surface area (Å²) >= 11 is 0. The van der Waals surface area contributed by atoms with Crippen LogP contribution in [-0.4, -0.2) is 23.5 Å². The number of amides is 1. The largest absolute Gasteiger partial charge is 0.481 e. The fourth-order valence-corrected chi connectivity index (χ4v) is 1.29. The lowest BCUT2D eigenvalue weighted by molar-refractivity contribution is -0.140. The van der Waals surface area contributed by atoms with Crippen molar-refractivity contribution in [2.24, 2.45) is 11.8 Å². The van der Waals surface area contributed by atoms with E-state index in [1.807, 2.05) is 0 Å². The molecule has 0 bridgehead atoms. The van der Waals surface area contributed by atoms with Crippen molar-refractivity contribution in [2.45, 2.75) is 19.3 Å². The van der Waals surface area contributed by atoms with Gasteiger partial charge in [0.1, 0.15) is 0 Å². The normalized spacial score (nSPS) is 23.6. The molecule has 0 aliphatic heterocycles. The highest BCUT2D eigenvalue weighted by molar-refractivity contribution is 5.89. The number of carboxylic acid groups (broad SMARTS) is 1. The topological polar surface area (TPSA) is 66.4 Å². The predicted molar refractivity (Wildman–Crippen MR) is 50.3 cm³/mol. The summed E-state index contributed by atoms with van der Waals surface area (Å²) in [4.78, 5) is 21.7. The Kier molecular flexibility index (Phi) is 3.52. The number of aliphatic carboxylic acids is 1. The molecule has 0 heterocycles. The molecule has 1 saturated carbocycles. The molecule has 4 nitrogen and oxygen atoms in total. The first kappa shape index (κ1) is 10.6. The predicted octanol–water partition coefficient (Wildman–Crippen LogP) is 0.237. The summed E-state index contributed by atoms with van der Waals surface area (Å²) in [5.41, 5.74) is 0. The van der Waals surface area contributed by atoms with Crippen LogP contribution in [0.1, 0.15) is 19.3 Å². The Bertz CT molecular complexity index is 280. The third-order valence-electron chi connectivity index (χ3n) is 2.24. The van der Waals surface area contributed by atoms with Gasteiger partial charge in [-0.15, -0.1) is 12.3 Å². The highest BCUT2D eigenvalue weighted by Crippen LogP contribution is 2.38. The van der Waals surface area contributed by atoms with Crippen LogP contribution in [0.15, 0.2) is 0 Å². The van der Waals surface area contributed by atoms with Crippen molar-refractivity contribution in [3.05, 3.63) is 0 Å². The molecule has 14 heavy (non-hydrogen) atoms. The molecule has 1 fully saturated rings. The van der Waals surface area contributed by atoms with E-state index >= 15 is 0 Å². The Labute approximate surface area is 82.7 Å². The van der Waals surface area contributed by atoms with Crippen molar-refractivity contribution in [3.63, 3.8) is 0 Å².